The molecule has 0 aliphatic rings. The predicted molar refractivity (Wildman–Crippen MR) is 65.4 cm³/mol. The molecule has 2 amide bonds. The zero-order valence-electron chi connectivity index (χ0n) is 10.1. The molecule has 0 saturated carbocycles. The molecule has 0 atom stereocenters. The minimum Gasteiger partial charge on any atom is -0.504 e. The van der Waals surface area contributed by atoms with Gasteiger partial charge in [0.25, 0.3) is 5.91 Å². The number of amides is 2. The maximum Gasteiger partial charge on any atom is 0.251 e. The summed E-state index contributed by atoms with van der Waals surface area (Å²) in [5.41, 5.74) is 0.175. The molecular formula is C12H16N2O4. The number of carbonyl (C=O) groups is 2. The Morgan fingerprint density at radius 3 is 2.50 bits per heavy atom. The number of carbonyl (C=O) groups excluding carboxylic acids is 2. The van der Waals surface area contributed by atoms with Crippen molar-refractivity contribution in [2.45, 2.75) is 13.3 Å². The molecule has 1 aromatic rings. The van der Waals surface area contributed by atoms with Gasteiger partial charge in [0.05, 0.1) is 6.54 Å². The Morgan fingerprint density at radius 1 is 1.17 bits per heavy atom. The molecule has 0 heterocycles. The van der Waals surface area contributed by atoms with Gasteiger partial charge in [-0.05, 0) is 24.6 Å². The van der Waals surface area contributed by atoms with Gasteiger partial charge < -0.3 is 20.8 Å². The first kappa shape index (κ1) is 13.8. The van der Waals surface area contributed by atoms with Crippen LogP contribution in [0.25, 0.3) is 0 Å². The second-order valence-electron chi connectivity index (χ2n) is 3.74. The fourth-order valence-electron chi connectivity index (χ4n) is 1.25. The molecule has 0 bridgehead atoms. The molecule has 0 unspecified atom stereocenters. The van der Waals surface area contributed by atoms with E-state index in [0.717, 1.165) is 12.5 Å². The summed E-state index contributed by atoms with van der Waals surface area (Å²) in [4.78, 5) is 22.8. The monoisotopic (exact) mass is 252 g/mol. The molecule has 0 spiro atoms. The van der Waals surface area contributed by atoms with Crippen molar-refractivity contribution in [3.05, 3.63) is 23.8 Å². The number of phenolic OH excluding ortho intramolecular Hbond substituents is 2. The molecule has 0 aliphatic heterocycles. The van der Waals surface area contributed by atoms with E-state index in [4.69, 9.17) is 5.11 Å². The quantitative estimate of drug-likeness (QED) is 0.568. The Hall–Kier alpha value is -2.24. The van der Waals surface area contributed by atoms with Crippen molar-refractivity contribution in [1.82, 2.24) is 10.6 Å². The van der Waals surface area contributed by atoms with Crippen molar-refractivity contribution in [2.24, 2.45) is 0 Å². The minimum absolute atomic E-state index is 0.125. The summed E-state index contributed by atoms with van der Waals surface area (Å²) in [6.07, 6.45) is 0.825. The number of aromatic hydroxyl groups is 2. The Kier molecular flexibility index (Phi) is 4.98. The molecule has 0 radical (unpaired) electrons. The third-order valence-electron chi connectivity index (χ3n) is 2.22. The van der Waals surface area contributed by atoms with Crippen molar-refractivity contribution < 1.29 is 19.8 Å². The van der Waals surface area contributed by atoms with Gasteiger partial charge in [-0.25, -0.2) is 0 Å². The Bertz CT molecular complexity index is 446. The largest absolute Gasteiger partial charge is 0.504 e. The Labute approximate surface area is 105 Å². The van der Waals surface area contributed by atoms with Gasteiger partial charge in [0.15, 0.2) is 11.5 Å². The number of hydrogen-bond donors (Lipinski definition) is 4. The first-order chi connectivity index (χ1) is 8.54. The first-order valence-electron chi connectivity index (χ1n) is 5.61. The summed E-state index contributed by atoms with van der Waals surface area (Å²) in [6.45, 7) is 2.37. The number of benzene rings is 1. The van der Waals surface area contributed by atoms with Gasteiger partial charge in [0.1, 0.15) is 0 Å². The highest BCUT2D eigenvalue weighted by Crippen LogP contribution is 2.24. The molecule has 0 aliphatic carbocycles. The molecule has 4 N–H and O–H groups in total. The van der Waals surface area contributed by atoms with E-state index >= 15 is 0 Å². The summed E-state index contributed by atoms with van der Waals surface area (Å²) in [7, 11) is 0. The summed E-state index contributed by atoms with van der Waals surface area (Å²) in [5, 5.41) is 23.4. The van der Waals surface area contributed by atoms with Crippen molar-refractivity contribution in [3.63, 3.8) is 0 Å². The third kappa shape index (κ3) is 3.97. The van der Waals surface area contributed by atoms with Gasteiger partial charge in [-0.2, -0.15) is 0 Å². The summed E-state index contributed by atoms with van der Waals surface area (Å²) in [5.74, 6) is -1.43. The Balaban J connectivity index is 2.50. The molecule has 1 rings (SSSR count). The second kappa shape index (κ2) is 6.48. The highest BCUT2D eigenvalue weighted by Gasteiger charge is 2.09. The van der Waals surface area contributed by atoms with Crippen LogP contribution in [0.15, 0.2) is 18.2 Å². The fraction of sp³-hybridized carbons (Fsp3) is 0.333. The molecule has 0 aromatic heterocycles. The van der Waals surface area contributed by atoms with Gasteiger partial charge in [-0.1, -0.05) is 6.92 Å². The van der Waals surface area contributed by atoms with Gasteiger partial charge >= 0.3 is 0 Å². The maximum atomic E-state index is 11.6. The summed E-state index contributed by atoms with van der Waals surface area (Å²) >= 11 is 0. The van der Waals surface area contributed by atoms with Crippen LogP contribution >= 0.6 is 0 Å². The van der Waals surface area contributed by atoms with Crippen molar-refractivity contribution in [2.75, 3.05) is 13.1 Å². The molecule has 6 nitrogen and oxygen atoms in total. The lowest BCUT2D eigenvalue weighted by Crippen LogP contribution is -2.37. The molecule has 0 fully saturated rings. The van der Waals surface area contributed by atoms with E-state index < -0.39 is 5.91 Å². The fourth-order valence-corrected chi connectivity index (χ4v) is 1.25. The SMILES string of the molecule is CCCNC(=O)CNC(=O)c1ccc(O)c(O)c1. The second-order valence-corrected chi connectivity index (χ2v) is 3.74. The van der Waals surface area contributed by atoms with E-state index in [1.54, 1.807) is 0 Å². The lowest BCUT2D eigenvalue weighted by Gasteiger charge is -2.06. The van der Waals surface area contributed by atoms with Crippen LogP contribution in [0.3, 0.4) is 0 Å². The molecule has 1 aromatic carbocycles. The zero-order chi connectivity index (χ0) is 13.5. The molecular weight excluding hydrogens is 236 g/mol. The first-order valence-corrected chi connectivity index (χ1v) is 5.61. The van der Waals surface area contributed by atoms with Gasteiger partial charge in [-0.15, -0.1) is 0 Å². The minimum atomic E-state index is -0.489. The van der Waals surface area contributed by atoms with E-state index in [-0.39, 0.29) is 29.5 Å². The summed E-state index contributed by atoms with van der Waals surface area (Å²) < 4.78 is 0. The lowest BCUT2D eigenvalue weighted by atomic mass is 10.2. The van der Waals surface area contributed by atoms with E-state index in [0.29, 0.717) is 6.54 Å². The van der Waals surface area contributed by atoms with Crippen LogP contribution in [0.5, 0.6) is 11.5 Å². The van der Waals surface area contributed by atoms with Crippen molar-refractivity contribution in [1.29, 1.82) is 0 Å². The predicted octanol–water partition coefficient (Wildman–Crippen LogP) is 0.354. The normalized spacial score (nSPS) is 9.83. The number of hydrogen-bond acceptors (Lipinski definition) is 4. The number of phenols is 2. The van der Waals surface area contributed by atoms with Crippen LogP contribution in [-0.4, -0.2) is 35.1 Å². The van der Waals surface area contributed by atoms with E-state index in [2.05, 4.69) is 10.6 Å². The number of nitrogens with one attached hydrogen (secondary N) is 2. The zero-order valence-corrected chi connectivity index (χ0v) is 10.1. The summed E-state index contributed by atoms with van der Waals surface area (Å²) in [6, 6.07) is 3.70. The molecule has 98 valence electrons. The third-order valence-corrected chi connectivity index (χ3v) is 2.22. The average Bonchev–Trinajstić information content (AvgIpc) is 2.36. The molecule has 6 heteroatoms. The van der Waals surface area contributed by atoms with Crippen molar-refractivity contribution in [3.8, 4) is 11.5 Å². The maximum absolute atomic E-state index is 11.6. The topological polar surface area (TPSA) is 98.7 Å². The highest BCUT2D eigenvalue weighted by atomic mass is 16.3. The van der Waals surface area contributed by atoms with Crippen LogP contribution in [0.1, 0.15) is 23.7 Å². The standard InChI is InChI=1S/C12H16N2O4/c1-2-5-13-11(17)7-14-12(18)8-3-4-9(15)10(16)6-8/h3-4,6,15-16H,2,5,7H2,1H3,(H,13,17)(H,14,18). The van der Waals surface area contributed by atoms with Crippen LogP contribution in [0.2, 0.25) is 0 Å². The van der Waals surface area contributed by atoms with Crippen LogP contribution in [0, 0.1) is 0 Å². The van der Waals surface area contributed by atoms with Gasteiger partial charge in [0, 0.05) is 12.1 Å². The van der Waals surface area contributed by atoms with Crippen LogP contribution in [-0.2, 0) is 4.79 Å². The lowest BCUT2D eigenvalue weighted by molar-refractivity contribution is -0.120. The van der Waals surface area contributed by atoms with E-state index in [1.165, 1.54) is 12.1 Å². The van der Waals surface area contributed by atoms with Crippen molar-refractivity contribution >= 4 is 11.8 Å². The van der Waals surface area contributed by atoms with Crippen LogP contribution < -0.4 is 10.6 Å². The van der Waals surface area contributed by atoms with Gasteiger partial charge in [-0.3, -0.25) is 9.59 Å². The van der Waals surface area contributed by atoms with Crippen LogP contribution in [0.4, 0.5) is 0 Å². The highest BCUT2D eigenvalue weighted by molar-refractivity contribution is 5.96. The Morgan fingerprint density at radius 2 is 1.89 bits per heavy atom. The number of rotatable bonds is 5. The smallest absolute Gasteiger partial charge is 0.251 e. The molecule has 18 heavy (non-hydrogen) atoms. The van der Waals surface area contributed by atoms with Gasteiger partial charge in [0.2, 0.25) is 5.91 Å². The van der Waals surface area contributed by atoms with E-state index in [9.17, 15) is 14.7 Å². The van der Waals surface area contributed by atoms with E-state index in [1.807, 2.05) is 6.92 Å². The average molecular weight is 252 g/mol. The molecule has 0 saturated heterocycles.